The lowest BCUT2D eigenvalue weighted by atomic mass is 10.2. The summed E-state index contributed by atoms with van der Waals surface area (Å²) in [5, 5.41) is 10.1. The van der Waals surface area contributed by atoms with Gasteiger partial charge in [-0.25, -0.2) is 0 Å². The summed E-state index contributed by atoms with van der Waals surface area (Å²) in [6.45, 7) is 5.47. The van der Waals surface area contributed by atoms with Crippen LogP contribution in [0.15, 0.2) is 28.8 Å². The van der Waals surface area contributed by atoms with Crippen molar-refractivity contribution < 1.29 is 9.32 Å². The fraction of sp³-hybridized carbons (Fsp3) is 0.286. The molecule has 0 spiro atoms. The molecule has 20 heavy (non-hydrogen) atoms. The van der Waals surface area contributed by atoms with Crippen LogP contribution < -0.4 is 10.6 Å². The monoisotopic (exact) mass is 293 g/mol. The van der Waals surface area contributed by atoms with Crippen molar-refractivity contribution in [1.29, 1.82) is 0 Å². The van der Waals surface area contributed by atoms with Gasteiger partial charge < -0.3 is 9.84 Å². The van der Waals surface area contributed by atoms with Gasteiger partial charge in [0.25, 0.3) is 0 Å². The van der Waals surface area contributed by atoms with Gasteiger partial charge in [0.05, 0.1) is 5.69 Å². The van der Waals surface area contributed by atoms with Crippen molar-refractivity contribution in [3.63, 3.8) is 0 Å². The maximum Gasteiger partial charge on any atom is 0.248 e. The molecule has 1 amide bonds. The van der Waals surface area contributed by atoms with Gasteiger partial charge in [-0.1, -0.05) is 22.8 Å². The smallest absolute Gasteiger partial charge is 0.248 e. The lowest BCUT2D eigenvalue weighted by Gasteiger charge is -2.14. The van der Waals surface area contributed by atoms with Gasteiger partial charge in [0.15, 0.2) is 0 Å². The van der Waals surface area contributed by atoms with Crippen molar-refractivity contribution >= 4 is 29.1 Å². The zero-order valence-electron chi connectivity index (χ0n) is 11.5. The van der Waals surface area contributed by atoms with Crippen molar-refractivity contribution in [2.75, 3.05) is 10.6 Å². The number of carbonyl (C=O) groups is 1. The summed E-state index contributed by atoms with van der Waals surface area (Å²) < 4.78 is 4.94. The van der Waals surface area contributed by atoms with Crippen molar-refractivity contribution in [3.05, 3.63) is 40.5 Å². The van der Waals surface area contributed by atoms with Crippen molar-refractivity contribution in [2.45, 2.75) is 26.8 Å². The Balaban J connectivity index is 1.98. The molecular formula is C14H16ClN3O2. The molecule has 1 aromatic carbocycles. The number of nitrogens with zero attached hydrogens (tertiary/aromatic N) is 1. The third-order valence-electron chi connectivity index (χ3n) is 2.82. The van der Waals surface area contributed by atoms with Gasteiger partial charge in [-0.2, -0.15) is 0 Å². The molecule has 1 aromatic heterocycles. The minimum atomic E-state index is -0.431. The predicted octanol–water partition coefficient (Wildman–Crippen LogP) is 3.38. The number of halogens is 1. The average molecular weight is 294 g/mol. The fourth-order valence-corrected chi connectivity index (χ4v) is 1.83. The number of benzene rings is 1. The molecule has 0 saturated carbocycles. The fourth-order valence-electron chi connectivity index (χ4n) is 1.65. The first-order valence-electron chi connectivity index (χ1n) is 6.22. The molecule has 6 heteroatoms. The summed E-state index contributed by atoms with van der Waals surface area (Å²) in [4.78, 5) is 12.0. The largest absolute Gasteiger partial charge is 0.374 e. The third-order valence-corrected chi connectivity index (χ3v) is 3.23. The van der Waals surface area contributed by atoms with E-state index in [2.05, 4.69) is 15.8 Å². The summed E-state index contributed by atoms with van der Waals surface area (Å²) in [7, 11) is 0. The molecule has 106 valence electrons. The second-order valence-electron chi connectivity index (χ2n) is 4.65. The van der Waals surface area contributed by atoms with E-state index in [9.17, 15) is 4.79 Å². The Morgan fingerprint density at radius 1 is 1.35 bits per heavy atom. The van der Waals surface area contributed by atoms with E-state index in [0.29, 0.717) is 16.6 Å². The van der Waals surface area contributed by atoms with Crippen LogP contribution in [0.1, 0.15) is 18.2 Å². The van der Waals surface area contributed by atoms with Crippen LogP contribution in [0.25, 0.3) is 0 Å². The van der Waals surface area contributed by atoms with Crippen molar-refractivity contribution in [2.24, 2.45) is 0 Å². The molecule has 0 unspecified atom stereocenters. The van der Waals surface area contributed by atoms with Crippen LogP contribution in [0, 0.1) is 13.8 Å². The lowest BCUT2D eigenvalue weighted by molar-refractivity contribution is -0.116. The standard InChI is InChI=1S/C14H16ClN3O2/c1-8-4-5-11(7-12(8)15)16-10(3)14(19)17-13-6-9(2)18-20-13/h4-7,10,16H,1-3H3,(H,17,19)/t10-/m1/s1. The Kier molecular flexibility index (Phi) is 4.29. The van der Waals surface area contributed by atoms with E-state index in [1.54, 1.807) is 26.0 Å². The van der Waals surface area contributed by atoms with Gasteiger partial charge in [0.2, 0.25) is 11.8 Å². The number of hydrogen-bond acceptors (Lipinski definition) is 4. The molecule has 0 aliphatic rings. The highest BCUT2D eigenvalue weighted by molar-refractivity contribution is 6.31. The van der Waals surface area contributed by atoms with E-state index in [1.165, 1.54) is 0 Å². The Labute approximate surface area is 122 Å². The number of nitrogens with one attached hydrogen (secondary N) is 2. The maximum atomic E-state index is 12.0. The number of aromatic nitrogens is 1. The van der Waals surface area contributed by atoms with Crippen molar-refractivity contribution in [3.8, 4) is 0 Å². The van der Waals surface area contributed by atoms with E-state index in [4.69, 9.17) is 16.1 Å². The van der Waals surface area contributed by atoms with Crippen LogP contribution >= 0.6 is 11.6 Å². The first kappa shape index (κ1) is 14.4. The Hall–Kier alpha value is -2.01. The van der Waals surface area contributed by atoms with Crippen LogP contribution in [-0.2, 0) is 4.79 Å². The van der Waals surface area contributed by atoms with Gasteiger partial charge in [-0.15, -0.1) is 0 Å². The van der Waals surface area contributed by atoms with Gasteiger partial charge in [-0.05, 0) is 38.5 Å². The van der Waals surface area contributed by atoms with Crippen molar-refractivity contribution in [1.82, 2.24) is 5.16 Å². The second kappa shape index (κ2) is 5.96. The highest BCUT2D eigenvalue weighted by atomic mass is 35.5. The zero-order chi connectivity index (χ0) is 14.7. The average Bonchev–Trinajstić information content (AvgIpc) is 2.79. The normalized spacial score (nSPS) is 12.0. The summed E-state index contributed by atoms with van der Waals surface area (Å²) in [5.41, 5.74) is 2.50. The quantitative estimate of drug-likeness (QED) is 0.907. The molecule has 2 N–H and O–H groups in total. The molecule has 0 aliphatic carbocycles. The van der Waals surface area contributed by atoms with Crippen LogP contribution in [0.5, 0.6) is 0 Å². The number of hydrogen-bond donors (Lipinski definition) is 2. The van der Waals surface area contributed by atoms with Crippen LogP contribution in [0.4, 0.5) is 11.6 Å². The number of amides is 1. The third kappa shape index (κ3) is 3.51. The molecule has 0 radical (unpaired) electrons. The molecular weight excluding hydrogens is 278 g/mol. The maximum absolute atomic E-state index is 12.0. The molecule has 1 atom stereocenters. The second-order valence-corrected chi connectivity index (χ2v) is 5.06. The summed E-state index contributed by atoms with van der Waals surface area (Å²) >= 11 is 6.05. The minimum absolute atomic E-state index is 0.210. The van der Waals surface area contributed by atoms with E-state index < -0.39 is 6.04 Å². The number of aryl methyl sites for hydroxylation is 2. The van der Waals surface area contributed by atoms with Gasteiger partial charge in [0.1, 0.15) is 6.04 Å². The SMILES string of the molecule is Cc1cc(NC(=O)[C@@H](C)Nc2ccc(C)c(Cl)c2)on1. The highest BCUT2D eigenvalue weighted by Gasteiger charge is 2.15. The number of carbonyl (C=O) groups excluding carboxylic acids is 1. The van der Waals surface area contributed by atoms with E-state index in [-0.39, 0.29) is 5.91 Å². The zero-order valence-corrected chi connectivity index (χ0v) is 12.3. The minimum Gasteiger partial charge on any atom is -0.374 e. The molecule has 0 bridgehead atoms. The van der Waals surface area contributed by atoms with Crippen LogP contribution in [-0.4, -0.2) is 17.1 Å². The summed E-state index contributed by atoms with van der Waals surface area (Å²) in [6, 6.07) is 6.80. The lowest BCUT2D eigenvalue weighted by Crippen LogP contribution is -2.31. The topological polar surface area (TPSA) is 67.2 Å². The first-order chi connectivity index (χ1) is 9.45. The molecule has 0 fully saturated rings. The molecule has 2 rings (SSSR count). The highest BCUT2D eigenvalue weighted by Crippen LogP contribution is 2.20. The Bertz CT molecular complexity index is 625. The van der Waals surface area contributed by atoms with E-state index >= 15 is 0 Å². The van der Waals surface area contributed by atoms with Gasteiger partial charge in [0, 0.05) is 16.8 Å². The number of anilines is 2. The first-order valence-corrected chi connectivity index (χ1v) is 6.60. The molecule has 5 nitrogen and oxygen atoms in total. The van der Waals surface area contributed by atoms with Crippen LogP contribution in [0.3, 0.4) is 0 Å². The van der Waals surface area contributed by atoms with E-state index in [0.717, 1.165) is 11.3 Å². The molecule has 1 heterocycles. The van der Waals surface area contributed by atoms with Gasteiger partial charge >= 0.3 is 0 Å². The summed E-state index contributed by atoms with van der Waals surface area (Å²) in [6.07, 6.45) is 0. The van der Waals surface area contributed by atoms with E-state index in [1.807, 2.05) is 19.1 Å². The molecule has 0 saturated heterocycles. The van der Waals surface area contributed by atoms with Crippen LogP contribution in [0.2, 0.25) is 5.02 Å². The Morgan fingerprint density at radius 2 is 2.10 bits per heavy atom. The van der Waals surface area contributed by atoms with Gasteiger partial charge in [-0.3, -0.25) is 10.1 Å². The molecule has 0 aliphatic heterocycles. The predicted molar refractivity (Wildman–Crippen MR) is 79.1 cm³/mol. The Morgan fingerprint density at radius 3 is 2.70 bits per heavy atom. The summed E-state index contributed by atoms with van der Waals surface area (Å²) in [5.74, 6) is 0.126. The number of rotatable bonds is 4. The molecule has 2 aromatic rings.